The van der Waals surface area contributed by atoms with Gasteiger partial charge in [-0.25, -0.2) is 0 Å². The first-order valence-corrected chi connectivity index (χ1v) is 11.2. The molecule has 0 saturated carbocycles. The number of aryl methyl sites for hydroxylation is 1. The molecular formula is C27H23OS+. The molecule has 1 aromatic heterocycles. The number of hydrogen-bond acceptors (Lipinski definition) is 1. The molecule has 2 heteroatoms. The summed E-state index contributed by atoms with van der Waals surface area (Å²) in [6.07, 6.45) is 0. The highest BCUT2D eigenvalue weighted by Crippen LogP contribution is 2.48. The third-order valence-electron chi connectivity index (χ3n) is 5.32. The topological polar surface area (TPSA) is 9.23 Å². The van der Waals surface area contributed by atoms with Gasteiger partial charge >= 0.3 is 0 Å². The van der Waals surface area contributed by atoms with Gasteiger partial charge in [0.05, 0.1) is 13.2 Å². The molecule has 0 fully saturated rings. The van der Waals surface area contributed by atoms with Crippen molar-refractivity contribution in [1.82, 2.24) is 0 Å². The predicted molar refractivity (Wildman–Crippen MR) is 125 cm³/mol. The van der Waals surface area contributed by atoms with Gasteiger partial charge in [0, 0.05) is 21.2 Å². The third-order valence-corrected chi connectivity index (χ3v) is 7.66. The summed E-state index contributed by atoms with van der Waals surface area (Å²) in [4.78, 5) is 1.37. The Balaban J connectivity index is 1.39. The van der Waals surface area contributed by atoms with Crippen LogP contribution in [0, 0.1) is 6.92 Å². The van der Waals surface area contributed by atoms with E-state index < -0.39 is 0 Å². The van der Waals surface area contributed by atoms with E-state index in [1.165, 1.54) is 41.8 Å². The minimum absolute atomic E-state index is 0.0274. The molecule has 0 saturated heterocycles. The lowest BCUT2D eigenvalue weighted by Crippen LogP contribution is -1.94. The van der Waals surface area contributed by atoms with Crippen LogP contribution < -0.4 is 0 Å². The molecule has 0 bridgehead atoms. The van der Waals surface area contributed by atoms with Crippen LogP contribution in [-0.2, 0) is 18.0 Å². The summed E-state index contributed by atoms with van der Waals surface area (Å²) in [5, 5.41) is 2.74. The Morgan fingerprint density at radius 3 is 1.62 bits per heavy atom. The molecule has 4 aromatic carbocycles. The first kappa shape index (κ1) is 18.1. The van der Waals surface area contributed by atoms with E-state index in [1.54, 1.807) is 0 Å². The van der Waals surface area contributed by atoms with Crippen LogP contribution in [0.5, 0.6) is 0 Å². The molecule has 0 amide bonds. The number of fused-ring (bicyclic) bond motifs is 3. The highest BCUT2D eigenvalue weighted by molar-refractivity contribution is 7.50. The predicted octanol–water partition coefficient (Wildman–Crippen LogP) is 7.76. The Bertz CT molecular complexity index is 1210. The average molecular weight is 396 g/mol. The van der Waals surface area contributed by atoms with Gasteiger partial charge in [-0.05, 0) is 54.4 Å². The lowest BCUT2D eigenvalue weighted by molar-refractivity contribution is 0.107. The Morgan fingerprint density at radius 1 is 0.586 bits per heavy atom. The molecule has 5 aromatic rings. The molecule has 142 valence electrons. The molecule has 29 heavy (non-hydrogen) atoms. The Hall–Kier alpha value is -2.94. The van der Waals surface area contributed by atoms with Crippen LogP contribution in [0.2, 0.25) is 0 Å². The van der Waals surface area contributed by atoms with Crippen LogP contribution in [0.4, 0.5) is 0 Å². The lowest BCUT2D eigenvalue weighted by atomic mass is 10.2. The van der Waals surface area contributed by atoms with Gasteiger partial charge in [0.25, 0.3) is 0 Å². The van der Waals surface area contributed by atoms with Crippen molar-refractivity contribution >= 4 is 30.6 Å². The zero-order valence-corrected chi connectivity index (χ0v) is 17.3. The van der Waals surface area contributed by atoms with E-state index in [0.29, 0.717) is 13.2 Å². The molecule has 0 radical (unpaired) electrons. The number of benzene rings is 4. The maximum atomic E-state index is 5.93. The molecule has 0 atom stereocenters. The van der Waals surface area contributed by atoms with Crippen molar-refractivity contribution in [2.75, 3.05) is 0 Å². The monoisotopic (exact) mass is 395 g/mol. The molecule has 0 spiro atoms. The number of rotatable bonds is 5. The average Bonchev–Trinajstić information content (AvgIpc) is 3.10. The Labute approximate surface area is 174 Å². The van der Waals surface area contributed by atoms with E-state index in [9.17, 15) is 0 Å². The summed E-state index contributed by atoms with van der Waals surface area (Å²) in [5.74, 6) is 0. The molecule has 5 rings (SSSR count). The van der Waals surface area contributed by atoms with Crippen molar-refractivity contribution in [3.8, 4) is 4.90 Å². The van der Waals surface area contributed by atoms with E-state index in [0.717, 1.165) is 0 Å². The quantitative estimate of drug-likeness (QED) is 0.276. The van der Waals surface area contributed by atoms with Crippen LogP contribution in [-0.4, -0.2) is 0 Å². The van der Waals surface area contributed by atoms with Gasteiger partial charge in [-0.2, -0.15) is 0 Å². The normalized spacial score (nSPS) is 11.3. The fourth-order valence-corrected chi connectivity index (χ4v) is 6.18. The summed E-state index contributed by atoms with van der Waals surface area (Å²) < 4.78 is 8.78. The highest BCUT2D eigenvalue weighted by atomic mass is 32.2. The van der Waals surface area contributed by atoms with Crippen LogP contribution >= 0.6 is 10.5 Å². The smallest absolute Gasteiger partial charge is 0.187 e. The van der Waals surface area contributed by atoms with Gasteiger partial charge in [-0.1, -0.05) is 66.2 Å². The van der Waals surface area contributed by atoms with Crippen molar-refractivity contribution in [3.05, 3.63) is 114 Å². The van der Waals surface area contributed by atoms with E-state index in [2.05, 4.69) is 104 Å². The molecule has 0 unspecified atom stereocenters. The van der Waals surface area contributed by atoms with Gasteiger partial charge in [-0.15, -0.1) is 0 Å². The van der Waals surface area contributed by atoms with Gasteiger partial charge in [0.15, 0.2) is 14.3 Å². The first-order valence-electron chi connectivity index (χ1n) is 9.94. The highest BCUT2D eigenvalue weighted by Gasteiger charge is 2.22. The zero-order chi connectivity index (χ0) is 19.6. The van der Waals surface area contributed by atoms with Gasteiger partial charge in [-0.3, -0.25) is 0 Å². The van der Waals surface area contributed by atoms with E-state index in [-0.39, 0.29) is 10.5 Å². The maximum absolute atomic E-state index is 5.93. The summed E-state index contributed by atoms with van der Waals surface area (Å²) >= 11 is 0. The second-order valence-electron chi connectivity index (χ2n) is 7.42. The van der Waals surface area contributed by atoms with Crippen LogP contribution in [0.25, 0.3) is 25.1 Å². The molecule has 1 nitrogen and oxygen atoms in total. The summed E-state index contributed by atoms with van der Waals surface area (Å²) in [5.41, 5.74) is 3.71. The second-order valence-corrected chi connectivity index (χ2v) is 9.38. The van der Waals surface area contributed by atoms with Gasteiger partial charge in [0.2, 0.25) is 0 Å². The second kappa shape index (κ2) is 7.82. The molecule has 0 N–H and O–H groups in total. The van der Waals surface area contributed by atoms with Gasteiger partial charge < -0.3 is 4.74 Å². The lowest BCUT2D eigenvalue weighted by Gasteiger charge is -2.05. The Morgan fingerprint density at radius 2 is 1.07 bits per heavy atom. The van der Waals surface area contributed by atoms with Crippen molar-refractivity contribution in [2.45, 2.75) is 20.1 Å². The summed E-state index contributed by atoms with van der Waals surface area (Å²) in [6, 6.07) is 35.1. The van der Waals surface area contributed by atoms with Crippen LogP contribution in [0.1, 0.15) is 16.7 Å². The van der Waals surface area contributed by atoms with Gasteiger partial charge in [0.1, 0.15) is 0 Å². The van der Waals surface area contributed by atoms with Crippen molar-refractivity contribution in [3.63, 3.8) is 0 Å². The third kappa shape index (κ3) is 3.57. The molecule has 0 aliphatic rings. The Kier molecular flexibility index (Phi) is 4.89. The van der Waals surface area contributed by atoms with E-state index in [4.69, 9.17) is 4.74 Å². The van der Waals surface area contributed by atoms with Crippen molar-refractivity contribution in [1.29, 1.82) is 0 Å². The van der Waals surface area contributed by atoms with Crippen molar-refractivity contribution in [2.24, 2.45) is 0 Å². The standard InChI is InChI=1S/C27H23OS/c1-20-10-12-21(13-11-20)18-28-19-22-14-16-23(17-15-22)29-26-8-4-2-6-24(26)25-7-3-5-9-27(25)29/h2-17H,18-19H2,1H3/q+1. The minimum Gasteiger partial charge on any atom is -0.372 e. The number of hydrogen-bond donors (Lipinski definition) is 0. The van der Waals surface area contributed by atoms with Crippen LogP contribution in [0.15, 0.2) is 97.1 Å². The zero-order valence-electron chi connectivity index (χ0n) is 16.5. The SMILES string of the molecule is Cc1ccc(COCc2ccc(-[s+]3c4ccccc4c4ccccc43)cc2)cc1. The molecule has 0 aliphatic carbocycles. The molecular weight excluding hydrogens is 372 g/mol. The maximum Gasteiger partial charge on any atom is 0.187 e. The first-order chi connectivity index (χ1) is 14.3. The number of ether oxygens (including phenoxy) is 1. The summed E-state index contributed by atoms with van der Waals surface area (Å²) in [7, 11) is -0.0274. The van der Waals surface area contributed by atoms with E-state index in [1.807, 2.05) is 0 Å². The van der Waals surface area contributed by atoms with Crippen molar-refractivity contribution < 1.29 is 4.74 Å². The van der Waals surface area contributed by atoms with E-state index >= 15 is 0 Å². The largest absolute Gasteiger partial charge is 0.372 e. The molecule has 0 aliphatic heterocycles. The fourth-order valence-electron chi connectivity index (χ4n) is 3.80. The number of thiophene rings is 1. The molecule has 1 heterocycles. The van der Waals surface area contributed by atoms with Crippen LogP contribution in [0.3, 0.4) is 0 Å². The minimum atomic E-state index is -0.0274. The summed E-state index contributed by atoms with van der Waals surface area (Å²) in [6.45, 7) is 3.39. The fraction of sp³-hybridized carbons (Fsp3) is 0.111.